The highest BCUT2D eigenvalue weighted by Crippen LogP contribution is 2.37. The van der Waals surface area contributed by atoms with Gasteiger partial charge < -0.3 is 24.8 Å². The highest BCUT2D eigenvalue weighted by Gasteiger charge is 2.35. The van der Waals surface area contributed by atoms with E-state index in [0.29, 0.717) is 24.6 Å². The number of ether oxygens (including phenoxy) is 2. The maximum Gasteiger partial charge on any atom is 0.231 e. The number of carbonyl (C=O) groups excluding carboxylic acids is 2. The van der Waals surface area contributed by atoms with Crippen LogP contribution in [0.25, 0.3) is 0 Å². The van der Waals surface area contributed by atoms with Gasteiger partial charge in [-0.15, -0.1) is 0 Å². The first-order valence-electron chi connectivity index (χ1n) is 8.77. The summed E-state index contributed by atoms with van der Waals surface area (Å²) in [7, 11) is 0. The Labute approximate surface area is 146 Å². The zero-order valence-corrected chi connectivity index (χ0v) is 14.2. The summed E-state index contributed by atoms with van der Waals surface area (Å²) in [6.07, 6.45) is 3.86. The molecule has 1 aromatic carbocycles. The zero-order chi connectivity index (χ0) is 17.6. The Morgan fingerprint density at radius 1 is 1.20 bits per heavy atom. The van der Waals surface area contributed by atoms with Crippen molar-refractivity contribution >= 4 is 17.5 Å². The SMILES string of the molecule is O=C(NCCCCCCO)C1CC(=O)N(c2ccc3c(c2)OCO3)C1. The number of amides is 2. The van der Waals surface area contributed by atoms with Gasteiger partial charge >= 0.3 is 0 Å². The summed E-state index contributed by atoms with van der Waals surface area (Å²) in [5, 5.41) is 11.6. The maximum absolute atomic E-state index is 12.3. The first-order chi connectivity index (χ1) is 12.2. The molecule has 2 aliphatic heterocycles. The minimum absolute atomic E-state index is 0.0537. The second kappa shape index (κ2) is 8.20. The lowest BCUT2D eigenvalue weighted by atomic mass is 10.1. The van der Waals surface area contributed by atoms with Crippen LogP contribution in [0.2, 0.25) is 0 Å². The van der Waals surface area contributed by atoms with Gasteiger partial charge in [0.25, 0.3) is 0 Å². The van der Waals surface area contributed by atoms with E-state index in [2.05, 4.69) is 5.32 Å². The van der Waals surface area contributed by atoms with Gasteiger partial charge in [-0.25, -0.2) is 0 Å². The average molecular weight is 348 g/mol. The normalized spacial score (nSPS) is 18.7. The summed E-state index contributed by atoms with van der Waals surface area (Å²) < 4.78 is 10.6. The van der Waals surface area contributed by atoms with E-state index in [9.17, 15) is 9.59 Å². The molecule has 1 atom stereocenters. The number of hydrogen-bond acceptors (Lipinski definition) is 5. The molecule has 7 nitrogen and oxygen atoms in total. The number of aliphatic hydroxyl groups is 1. The molecule has 1 aromatic rings. The summed E-state index contributed by atoms with van der Waals surface area (Å²) in [5.41, 5.74) is 0.730. The fraction of sp³-hybridized carbons (Fsp3) is 0.556. The van der Waals surface area contributed by atoms with Crippen LogP contribution in [-0.2, 0) is 9.59 Å². The Hall–Kier alpha value is -2.28. The number of fused-ring (bicyclic) bond motifs is 1. The number of nitrogens with zero attached hydrogens (tertiary/aromatic N) is 1. The van der Waals surface area contributed by atoms with Crippen molar-refractivity contribution in [3.63, 3.8) is 0 Å². The Balaban J connectivity index is 1.49. The van der Waals surface area contributed by atoms with Gasteiger partial charge in [-0.3, -0.25) is 9.59 Å². The number of hydrogen-bond donors (Lipinski definition) is 2. The van der Waals surface area contributed by atoms with E-state index < -0.39 is 0 Å². The Bertz CT molecular complexity index is 634. The minimum Gasteiger partial charge on any atom is -0.454 e. The van der Waals surface area contributed by atoms with Gasteiger partial charge in [0.1, 0.15) is 0 Å². The molecular formula is C18H24N2O5. The van der Waals surface area contributed by atoms with Gasteiger partial charge in [0, 0.05) is 37.9 Å². The number of rotatable bonds is 8. The predicted molar refractivity (Wildman–Crippen MR) is 91.6 cm³/mol. The van der Waals surface area contributed by atoms with E-state index in [1.54, 1.807) is 17.0 Å². The van der Waals surface area contributed by atoms with Crippen LogP contribution in [0.15, 0.2) is 18.2 Å². The van der Waals surface area contributed by atoms with Crippen molar-refractivity contribution < 1.29 is 24.2 Å². The highest BCUT2D eigenvalue weighted by molar-refractivity contribution is 6.00. The lowest BCUT2D eigenvalue weighted by molar-refractivity contribution is -0.126. The Morgan fingerprint density at radius 2 is 2.00 bits per heavy atom. The summed E-state index contributed by atoms with van der Waals surface area (Å²) in [5.74, 6) is 0.850. The molecule has 3 rings (SSSR count). The van der Waals surface area contributed by atoms with Crippen LogP contribution in [0.4, 0.5) is 5.69 Å². The molecule has 1 fully saturated rings. The van der Waals surface area contributed by atoms with Gasteiger partial charge in [0.05, 0.1) is 5.92 Å². The van der Waals surface area contributed by atoms with Gasteiger partial charge in [-0.05, 0) is 25.0 Å². The van der Waals surface area contributed by atoms with Crippen molar-refractivity contribution in [2.24, 2.45) is 5.92 Å². The molecule has 1 unspecified atom stereocenters. The molecule has 25 heavy (non-hydrogen) atoms. The molecule has 0 aliphatic carbocycles. The molecule has 2 amide bonds. The first-order valence-corrected chi connectivity index (χ1v) is 8.77. The Morgan fingerprint density at radius 3 is 2.84 bits per heavy atom. The fourth-order valence-corrected chi connectivity index (χ4v) is 3.13. The summed E-state index contributed by atoms with van der Waals surface area (Å²) >= 11 is 0. The second-order valence-electron chi connectivity index (χ2n) is 6.37. The third-order valence-electron chi connectivity index (χ3n) is 4.55. The van der Waals surface area contributed by atoms with Crippen molar-refractivity contribution in [1.29, 1.82) is 0 Å². The van der Waals surface area contributed by atoms with Crippen LogP contribution < -0.4 is 19.7 Å². The van der Waals surface area contributed by atoms with Crippen molar-refractivity contribution in [2.75, 3.05) is 31.4 Å². The molecule has 0 radical (unpaired) electrons. The van der Waals surface area contributed by atoms with Crippen molar-refractivity contribution in [3.8, 4) is 11.5 Å². The predicted octanol–water partition coefficient (Wildman–Crippen LogP) is 1.44. The second-order valence-corrected chi connectivity index (χ2v) is 6.37. The molecule has 0 bridgehead atoms. The number of aliphatic hydroxyl groups excluding tert-OH is 1. The number of anilines is 1. The van der Waals surface area contributed by atoms with E-state index in [4.69, 9.17) is 14.6 Å². The summed E-state index contributed by atoms with van der Waals surface area (Å²) in [6.45, 7) is 1.40. The van der Waals surface area contributed by atoms with Gasteiger partial charge in [0.15, 0.2) is 11.5 Å². The molecule has 0 saturated carbocycles. The molecule has 2 heterocycles. The fourth-order valence-electron chi connectivity index (χ4n) is 3.13. The molecule has 7 heteroatoms. The van der Waals surface area contributed by atoms with Gasteiger partial charge in [-0.2, -0.15) is 0 Å². The van der Waals surface area contributed by atoms with E-state index in [1.807, 2.05) is 6.07 Å². The standard InChI is InChI=1S/C18H24N2O5/c21-8-4-2-1-3-7-19-18(23)13-9-17(22)20(11-13)14-5-6-15-16(10-14)25-12-24-15/h5-6,10,13,21H,1-4,7-9,11-12H2,(H,19,23). The lowest BCUT2D eigenvalue weighted by Gasteiger charge is -2.17. The number of benzene rings is 1. The van der Waals surface area contributed by atoms with E-state index in [0.717, 1.165) is 31.4 Å². The first kappa shape index (κ1) is 17.5. The minimum atomic E-state index is -0.324. The Kier molecular flexibility index (Phi) is 5.75. The molecular weight excluding hydrogens is 324 g/mol. The van der Waals surface area contributed by atoms with Crippen molar-refractivity contribution in [2.45, 2.75) is 32.1 Å². The third-order valence-corrected chi connectivity index (χ3v) is 4.55. The van der Waals surface area contributed by atoms with Crippen LogP contribution >= 0.6 is 0 Å². The van der Waals surface area contributed by atoms with Crippen molar-refractivity contribution in [3.05, 3.63) is 18.2 Å². The van der Waals surface area contributed by atoms with E-state index >= 15 is 0 Å². The number of unbranched alkanes of at least 4 members (excludes halogenated alkanes) is 3. The monoisotopic (exact) mass is 348 g/mol. The molecule has 2 N–H and O–H groups in total. The molecule has 0 aromatic heterocycles. The summed E-state index contributed by atoms with van der Waals surface area (Å²) in [6, 6.07) is 5.37. The average Bonchev–Trinajstić information content (AvgIpc) is 3.23. The van der Waals surface area contributed by atoms with E-state index in [1.165, 1.54) is 0 Å². The van der Waals surface area contributed by atoms with Crippen LogP contribution in [0, 0.1) is 5.92 Å². The zero-order valence-electron chi connectivity index (χ0n) is 14.2. The van der Waals surface area contributed by atoms with Crippen molar-refractivity contribution in [1.82, 2.24) is 5.32 Å². The maximum atomic E-state index is 12.3. The molecule has 2 aliphatic rings. The van der Waals surface area contributed by atoms with Gasteiger partial charge in [0.2, 0.25) is 18.6 Å². The lowest BCUT2D eigenvalue weighted by Crippen LogP contribution is -2.33. The topological polar surface area (TPSA) is 88.1 Å². The van der Waals surface area contributed by atoms with Crippen LogP contribution in [0.5, 0.6) is 11.5 Å². The third kappa shape index (κ3) is 4.22. The highest BCUT2D eigenvalue weighted by atomic mass is 16.7. The van der Waals surface area contributed by atoms with Gasteiger partial charge in [-0.1, -0.05) is 12.8 Å². The molecule has 1 saturated heterocycles. The van der Waals surface area contributed by atoms with Crippen LogP contribution in [0.1, 0.15) is 32.1 Å². The smallest absolute Gasteiger partial charge is 0.231 e. The van der Waals surface area contributed by atoms with Crippen LogP contribution in [0.3, 0.4) is 0 Å². The van der Waals surface area contributed by atoms with Crippen LogP contribution in [-0.4, -0.2) is 43.4 Å². The summed E-state index contributed by atoms with van der Waals surface area (Å²) in [4.78, 5) is 26.2. The molecule has 0 spiro atoms. The number of carbonyl (C=O) groups is 2. The largest absolute Gasteiger partial charge is 0.454 e. The number of nitrogens with one attached hydrogen (secondary N) is 1. The van der Waals surface area contributed by atoms with E-state index in [-0.39, 0.29) is 37.6 Å². The molecule has 136 valence electrons. The quantitative estimate of drug-likeness (QED) is 0.694.